The lowest BCUT2D eigenvalue weighted by atomic mass is 9.96. The fourth-order valence-corrected chi connectivity index (χ4v) is 2.79. The molecule has 0 aliphatic rings. The number of alkyl halides is 6. The first kappa shape index (κ1) is 21.4. The summed E-state index contributed by atoms with van der Waals surface area (Å²) in [6, 6.07) is 2.09. The van der Waals surface area contributed by atoms with E-state index in [1.54, 1.807) is 6.92 Å². The maximum atomic E-state index is 12.7. The van der Waals surface area contributed by atoms with Gasteiger partial charge in [-0.2, -0.15) is 26.3 Å². The summed E-state index contributed by atoms with van der Waals surface area (Å²) in [6.07, 6.45) is -11.6. The van der Waals surface area contributed by atoms with E-state index in [2.05, 4.69) is 0 Å². The summed E-state index contributed by atoms with van der Waals surface area (Å²) in [5, 5.41) is 0. The van der Waals surface area contributed by atoms with E-state index in [1.165, 1.54) is 22.4 Å². The molecule has 142 valence electrons. The van der Waals surface area contributed by atoms with E-state index in [-0.39, 0.29) is 0 Å². The number of hydrogen-bond donors (Lipinski definition) is 2. The Morgan fingerprint density at radius 1 is 1.00 bits per heavy atom. The lowest BCUT2D eigenvalue weighted by Crippen LogP contribution is -2.58. The summed E-state index contributed by atoms with van der Waals surface area (Å²) in [4.78, 5) is 12.3. The molecule has 0 amide bonds. The Bertz CT molecular complexity index is 699. The summed E-state index contributed by atoms with van der Waals surface area (Å²) in [5.41, 5.74) is 2.04. The number of hydrogen-bond acceptors (Lipinski definition) is 4. The first-order valence-electron chi connectivity index (χ1n) is 6.64. The summed E-state index contributed by atoms with van der Waals surface area (Å²) >= 11 is 0. The van der Waals surface area contributed by atoms with Gasteiger partial charge in [-0.25, -0.2) is 13.8 Å². The van der Waals surface area contributed by atoms with Crippen molar-refractivity contribution in [1.29, 1.82) is 0 Å². The molecular weight excluding hydrogens is 378 g/mol. The first-order chi connectivity index (χ1) is 11.2. The number of carbonyl (C=O) groups excluding carboxylic acids is 1. The van der Waals surface area contributed by atoms with E-state index in [4.69, 9.17) is 0 Å². The van der Waals surface area contributed by atoms with Gasteiger partial charge < -0.3 is 0 Å². The average Bonchev–Trinajstić information content (AvgIpc) is 2.40. The number of rotatable bonds is 6. The van der Waals surface area contributed by atoms with Crippen LogP contribution in [-0.2, 0) is 14.8 Å². The average molecular weight is 392 g/mol. The summed E-state index contributed by atoms with van der Waals surface area (Å²) in [7, 11) is -4.48. The molecule has 0 heterocycles. The zero-order chi connectivity index (χ0) is 19.6. The highest BCUT2D eigenvalue weighted by Crippen LogP contribution is 2.41. The van der Waals surface area contributed by atoms with E-state index in [1.807, 2.05) is 0 Å². The maximum absolute atomic E-state index is 12.7. The minimum atomic E-state index is -5.81. The highest BCUT2D eigenvalue weighted by atomic mass is 32.2. The minimum absolute atomic E-state index is 0.400. The first-order valence-corrected chi connectivity index (χ1v) is 8.12. The van der Waals surface area contributed by atoms with E-state index < -0.39 is 45.0 Å². The van der Waals surface area contributed by atoms with Crippen molar-refractivity contribution in [2.75, 3.05) is 0 Å². The number of benzene rings is 1. The van der Waals surface area contributed by atoms with Crippen molar-refractivity contribution in [1.82, 2.24) is 10.3 Å². The molecule has 1 aromatic rings. The molecule has 0 saturated carbocycles. The van der Waals surface area contributed by atoms with Crippen molar-refractivity contribution in [2.24, 2.45) is 5.92 Å². The molecular formula is C13H14F6N2O3S. The lowest BCUT2D eigenvalue weighted by molar-refractivity contribution is -0.289. The Kier molecular flexibility index (Phi) is 6.24. The number of halogens is 6. The normalized spacial score (nSPS) is 14.6. The molecule has 1 rings (SSSR count). The number of hydrazine groups is 1. The fraction of sp³-hybridized carbons (Fsp3) is 0.462. The van der Waals surface area contributed by atoms with Crippen molar-refractivity contribution >= 4 is 15.8 Å². The van der Waals surface area contributed by atoms with Gasteiger partial charge in [0, 0.05) is 0 Å². The Hall–Kier alpha value is -1.66. The Morgan fingerprint density at radius 2 is 1.44 bits per heavy atom. The van der Waals surface area contributed by atoms with Crippen LogP contribution in [0.2, 0.25) is 0 Å². The fourth-order valence-electron chi connectivity index (χ4n) is 1.90. The Balaban J connectivity index is 3.10. The molecule has 25 heavy (non-hydrogen) atoms. The second-order valence-electron chi connectivity index (χ2n) is 5.21. The van der Waals surface area contributed by atoms with Crippen molar-refractivity contribution < 1.29 is 39.6 Å². The van der Waals surface area contributed by atoms with Crippen LogP contribution in [0.1, 0.15) is 12.5 Å². The van der Waals surface area contributed by atoms with Crippen molar-refractivity contribution in [2.45, 2.75) is 37.1 Å². The predicted octanol–water partition coefficient (Wildman–Crippen LogP) is 2.48. The van der Waals surface area contributed by atoms with E-state index in [0.717, 1.165) is 12.1 Å². The van der Waals surface area contributed by atoms with Crippen LogP contribution in [-0.4, -0.2) is 32.6 Å². The lowest BCUT2D eigenvalue weighted by Gasteiger charge is -2.29. The van der Waals surface area contributed by atoms with Crippen LogP contribution in [0.15, 0.2) is 29.2 Å². The largest absolute Gasteiger partial charge is 0.402 e. The third kappa shape index (κ3) is 5.68. The van der Waals surface area contributed by atoms with Crippen LogP contribution >= 0.6 is 0 Å². The van der Waals surface area contributed by atoms with Gasteiger partial charge in [0.2, 0.25) is 0 Å². The predicted molar refractivity (Wildman–Crippen MR) is 74.7 cm³/mol. The molecule has 0 bridgehead atoms. The summed E-state index contributed by atoms with van der Waals surface area (Å²) < 4.78 is 100. The van der Waals surface area contributed by atoms with Crippen LogP contribution in [0.4, 0.5) is 26.3 Å². The third-order valence-corrected chi connectivity index (χ3v) is 4.44. The zero-order valence-corrected chi connectivity index (χ0v) is 13.7. The van der Waals surface area contributed by atoms with Crippen LogP contribution in [0.5, 0.6) is 0 Å². The van der Waals surface area contributed by atoms with Gasteiger partial charge in [0.25, 0.3) is 10.0 Å². The van der Waals surface area contributed by atoms with Crippen molar-refractivity contribution in [3.63, 3.8) is 0 Å². The summed E-state index contributed by atoms with van der Waals surface area (Å²) in [6.45, 7) is 2.13. The van der Waals surface area contributed by atoms with Gasteiger partial charge in [0.15, 0.2) is 5.92 Å². The van der Waals surface area contributed by atoms with Crippen molar-refractivity contribution in [3.8, 4) is 0 Å². The van der Waals surface area contributed by atoms with Gasteiger partial charge in [-0.1, -0.05) is 17.7 Å². The molecule has 5 nitrogen and oxygen atoms in total. The highest BCUT2D eigenvalue weighted by Gasteiger charge is 2.61. The van der Waals surface area contributed by atoms with E-state index in [9.17, 15) is 39.6 Å². The second kappa shape index (κ2) is 7.30. The van der Waals surface area contributed by atoms with Gasteiger partial charge in [-0.15, -0.1) is 4.83 Å². The van der Waals surface area contributed by atoms with E-state index in [0.29, 0.717) is 12.5 Å². The number of carbonyl (C=O) groups is 1. The number of nitrogens with one attached hydrogen (secondary N) is 2. The van der Waals surface area contributed by atoms with Crippen LogP contribution in [0.3, 0.4) is 0 Å². The van der Waals surface area contributed by atoms with Crippen LogP contribution in [0, 0.1) is 12.8 Å². The van der Waals surface area contributed by atoms with Gasteiger partial charge in [0.05, 0.1) is 4.90 Å². The Labute approximate surface area is 139 Å². The molecule has 1 unspecified atom stereocenters. The molecule has 0 fully saturated rings. The molecule has 0 aromatic heterocycles. The molecule has 0 radical (unpaired) electrons. The highest BCUT2D eigenvalue weighted by molar-refractivity contribution is 7.89. The Morgan fingerprint density at radius 3 is 1.80 bits per heavy atom. The number of ketones is 1. The molecule has 1 aromatic carbocycles. The zero-order valence-electron chi connectivity index (χ0n) is 12.9. The molecule has 12 heteroatoms. The quantitative estimate of drug-likeness (QED) is 0.576. The number of sulfonamides is 1. The molecule has 2 N–H and O–H groups in total. The third-order valence-electron chi connectivity index (χ3n) is 3.16. The minimum Gasteiger partial charge on any atom is -0.298 e. The van der Waals surface area contributed by atoms with Gasteiger partial charge in [-0.05, 0) is 26.0 Å². The molecule has 0 aliphatic carbocycles. The van der Waals surface area contributed by atoms with Gasteiger partial charge in [0.1, 0.15) is 11.8 Å². The second-order valence-corrected chi connectivity index (χ2v) is 6.89. The van der Waals surface area contributed by atoms with Gasteiger partial charge in [-0.3, -0.25) is 4.79 Å². The monoisotopic (exact) mass is 392 g/mol. The van der Waals surface area contributed by atoms with Gasteiger partial charge >= 0.3 is 12.4 Å². The molecule has 0 aliphatic heterocycles. The smallest absolute Gasteiger partial charge is 0.298 e. The molecule has 0 spiro atoms. The SMILES string of the molecule is CC(=O)C(NNS(=O)(=O)c1ccc(C)cc1)C(C(F)(F)F)C(F)(F)F. The standard InChI is InChI=1S/C13H14F6N2O3S/c1-7-3-5-9(6-4-7)25(23,24)21-20-10(8(2)22)11(12(14,15)16)13(17,18)19/h3-6,10-11,20-21H,1-2H3. The van der Waals surface area contributed by atoms with Crippen molar-refractivity contribution in [3.05, 3.63) is 29.8 Å². The van der Waals surface area contributed by atoms with Crippen LogP contribution in [0.25, 0.3) is 0 Å². The number of Topliss-reactive ketones (excluding diaryl/α,β-unsaturated/α-hetero) is 1. The summed E-state index contributed by atoms with van der Waals surface area (Å²) in [5.74, 6) is -5.61. The topological polar surface area (TPSA) is 75.3 Å². The van der Waals surface area contributed by atoms with Crippen LogP contribution < -0.4 is 10.3 Å². The number of aryl methyl sites for hydroxylation is 1. The molecule has 1 atom stereocenters. The molecule has 0 saturated heterocycles. The van der Waals surface area contributed by atoms with E-state index >= 15 is 0 Å². The maximum Gasteiger partial charge on any atom is 0.402 e.